The summed E-state index contributed by atoms with van der Waals surface area (Å²) in [6.07, 6.45) is 1.95. The van der Waals surface area contributed by atoms with Crippen LogP contribution in [0.5, 0.6) is 0 Å². The largest absolute Gasteiger partial charge is 0.480 e. The molecule has 4 nitrogen and oxygen atoms in total. The predicted octanol–water partition coefficient (Wildman–Crippen LogP) is 1.58. The number of nitrogens with one attached hydrogen (secondary N) is 1. The van der Waals surface area contributed by atoms with Gasteiger partial charge in [-0.25, -0.2) is 0 Å². The van der Waals surface area contributed by atoms with Crippen molar-refractivity contribution in [2.45, 2.75) is 24.9 Å². The fraction of sp³-hybridized carbons (Fsp3) is 0.462. The molecule has 0 aromatic heterocycles. The van der Waals surface area contributed by atoms with Gasteiger partial charge >= 0.3 is 5.97 Å². The van der Waals surface area contributed by atoms with Crippen molar-refractivity contribution in [3.63, 3.8) is 0 Å². The summed E-state index contributed by atoms with van der Waals surface area (Å²) < 4.78 is 5.34. The van der Waals surface area contributed by atoms with Crippen molar-refractivity contribution < 1.29 is 14.6 Å². The van der Waals surface area contributed by atoms with Crippen LogP contribution in [-0.4, -0.2) is 30.3 Å². The summed E-state index contributed by atoms with van der Waals surface area (Å²) >= 11 is 0. The molecule has 2 N–H and O–H groups in total. The molecule has 0 bridgehead atoms. The minimum Gasteiger partial charge on any atom is -0.480 e. The first kappa shape index (κ1) is 12.1. The van der Waals surface area contributed by atoms with E-state index in [-0.39, 0.29) is 6.04 Å². The number of carboxylic acid groups (broad SMARTS) is 1. The van der Waals surface area contributed by atoms with Crippen LogP contribution in [0.4, 0.5) is 0 Å². The van der Waals surface area contributed by atoms with E-state index in [0.717, 1.165) is 25.0 Å². The lowest BCUT2D eigenvalue weighted by molar-refractivity contribution is -0.140. The van der Waals surface area contributed by atoms with E-state index in [0.29, 0.717) is 6.61 Å². The number of carbonyl (C=O) groups is 1. The van der Waals surface area contributed by atoms with E-state index in [1.807, 2.05) is 30.3 Å². The van der Waals surface area contributed by atoms with Crippen molar-refractivity contribution in [1.82, 2.24) is 5.32 Å². The number of benzene rings is 1. The maximum Gasteiger partial charge on any atom is 0.325 e. The normalized spacial score (nSPS) is 22.0. The Balaban J connectivity index is 2.05. The van der Waals surface area contributed by atoms with Gasteiger partial charge in [0, 0.05) is 12.6 Å². The zero-order valence-corrected chi connectivity index (χ0v) is 9.63. The molecule has 92 valence electrons. The average molecular weight is 235 g/mol. The smallest absolute Gasteiger partial charge is 0.325 e. The molecule has 2 atom stereocenters. The Morgan fingerprint density at radius 1 is 1.41 bits per heavy atom. The molecule has 0 amide bonds. The molecule has 0 radical (unpaired) electrons. The molecule has 2 rings (SSSR count). The topological polar surface area (TPSA) is 58.6 Å². The van der Waals surface area contributed by atoms with Crippen LogP contribution < -0.4 is 5.32 Å². The SMILES string of the molecule is O=C(O)C(NC1CCCOC1)c1ccccc1. The molecule has 1 heterocycles. The van der Waals surface area contributed by atoms with Gasteiger partial charge < -0.3 is 9.84 Å². The standard InChI is InChI=1S/C13H17NO3/c15-13(16)12(10-5-2-1-3-6-10)14-11-7-4-8-17-9-11/h1-3,5-6,11-12,14H,4,7-9H2,(H,15,16). The highest BCUT2D eigenvalue weighted by atomic mass is 16.5. The fourth-order valence-electron chi connectivity index (χ4n) is 2.06. The molecule has 0 aliphatic carbocycles. The monoisotopic (exact) mass is 235 g/mol. The van der Waals surface area contributed by atoms with Gasteiger partial charge in [-0.15, -0.1) is 0 Å². The summed E-state index contributed by atoms with van der Waals surface area (Å²) in [4.78, 5) is 11.3. The van der Waals surface area contributed by atoms with Gasteiger partial charge in [-0.05, 0) is 18.4 Å². The highest BCUT2D eigenvalue weighted by Crippen LogP contribution is 2.16. The number of aliphatic carboxylic acids is 1. The van der Waals surface area contributed by atoms with Gasteiger partial charge in [0.2, 0.25) is 0 Å². The van der Waals surface area contributed by atoms with Crippen LogP contribution in [0.15, 0.2) is 30.3 Å². The first-order chi connectivity index (χ1) is 8.27. The van der Waals surface area contributed by atoms with E-state index in [1.165, 1.54) is 0 Å². The van der Waals surface area contributed by atoms with E-state index in [2.05, 4.69) is 5.32 Å². The Hall–Kier alpha value is -1.39. The van der Waals surface area contributed by atoms with Crippen molar-refractivity contribution in [2.24, 2.45) is 0 Å². The Morgan fingerprint density at radius 3 is 2.76 bits per heavy atom. The maximum absolute atomic E-state index is 11.3. The van der Waals surface area contributed by atoms with Crippen molar-refractivity contribution >= 4 is 5.97 Å². The number of hydrogen-bond donors (Lipinski definition) is 2. The second kappa shape index (κ2) is 5.80. The van der Waals surface area contributed by atoms with E-state index in [9.17, 15) is 9.90 Å². The third-order valence-corrected chi connectivity index (χ3v) is 2.94. The molecular weight excluding hydrogens is 218 g/mol. The highest BCUT2D eigenvalue weighted by molar-refractivity contribution is 5.75. The van der Waals surface area contributed by atoms with Crippen molar-refractivity contribution in [3.05, 3.63) is 35.9 Å². The molecule has 2 unspecified atom stereocenters. The lowest BCUT2D eigenvalue weighted by Gasteiger charge is -2.26. The molecule has 0 saturated carbocycles. The molecule has 1 aliphatic rings. The molecule has 1 aliphatic heterocycles. The molecule has 4 heteroatoms. The lowest BCUT2D eigenvalue weighted by atomic mass is 10.0. The zero-order valence-electron chi connectivity index (χ0n) is 9.63. The van der Waals surface area contributed by atoms with Crippen LogP contribution in [0.2, 0.25) is 0 Å². The second-order valence-corrected chi connectivity index (χ2v) is 4.26. The number of rotatable bonds is 4. The van der Waals surface area contributed by atoms with Gasteiger partial charge in [0.1, 0.15) is 6.04 Å². The summed E-state index contributed by atoms with van der Waals surface area (Å²) in [5, 5.41) is 12.4. The van der Waals surface area contributed by atoms with E-state index < -0.39 is 12.0 Å². The van der Waals surface area contributed by atoms with E-state index >= 15 is 0 Å². The molecule has 1 aromatic rings. The van der Waals surface area contributed by atoms with Crippen molar-refractivity contribution in [2.75, 3.05) is 13.2 Å². The lowest BCUT2D eigenvalue weighted by Crippen LogP contribution is -2.41. The Morgan fingerprint density at radius 2 is 2.18 bits per heavy atom. The van der Waals surface area contributed by atoms with Crippen LogP contribution in [0.25, 0.3) is 0 Å². The molecular formula is C13H17NO3. The third kappa shape index (κ3) is 3.28. The van der Waals surface area contributed by atoms with Gasteiger partial charge in [-0.1, -0.05) is 30.3 Å². The number of carboxylic acids is 1. The fourth-order valence-corrected chi connectivity index (χ4v) is 2.06. The average Bonchev–Trinajstić information content (AvgIpc) is 2.38. The van der Waals surface area contributed by atoms with Crippen LogP contribution in [0.1, 0.15) is 24.4 Å². The summed E-state index contributed by atoms with van der Waals surface area (Å²) in [5.74, 6) is -0.846. The Kier molecular flexibility index (Phi) is 4.12. The number of hydrogen-bond acceptors (Lipinski definition) is 3. The van der Waals surface area contributed by atoms with Crippen LogP contribution in [0, 0.1) is 0 Å². The molecule has 1 fully saturated rings. The predicted molar refractivity (Wildman–Crippen MR) is 63.8 cm³/mol. The second-order valence-electron chi connectivity index (χ2n) is 4.26. The van der Waals surface area contributed by atoms with Crippen molar-refractivity contribution in [1.29, 1.82) is 0 Å². The molecule has 1 saturated heterocycles. The van der Waals surface area contributed by atoms with Gasteiger partial charge in [-0.3, -0.25) is 10.1 Å². The highest BCUT2D eigenvalue weighted by Gasteiger charge is 2.24. The molecule has 1 aromatic carbocycles. The molecule has 0 spiro atoms. The van der Waals surface area contributed by atoms with Crippen LogP contribution in [-0.2, 0) is 9.53 Å². The van der Waals surface area contributed by atoms with Crippen LogP contribution in [0.3, 0.4) is 0 Å². The minimum atomic E-state index is -0.846. The summed E-state index contributed by atoms with van der Waals surface area (Å²) in [6, 6.07) is 8.72. The summed E-state index contributed by atoms with van der Waals surface area (Å²) in [7, 11) is 0. The third-order valence-electron chi connectivity index (χ3n) is 2.94. The zero-order chi connectivity index (χ0) is 12.1. The van der Waals surface area contributed by atoms with Gasteiger partial charge in [0.25, 0.3) is 0 Å². The first-order valence-electron chi connectivity index (χ1n) is 5.89. The van der Waals surface area contributed by atoms with Crippen LogP contribution >= 0.6 is 0 Å². The molecule has 17 heavy (non-hydrogen) atoms. The Bertz CT molecular complexity index is 360. The Labute approximate surface area is 101 Å². The van der Waals surface area contributed by atoms with E-state index in [4.69, 9.17) is 4.74 Å². The number of ether oxygens (including phenoxy) is 1. The first-order valence-corrected chi connectivity index (χ1v) is 5.89. The summed E-state index contributed by atoms with van der Waals surface area (Å²) in [6.45, 7) is 1.37. The van der Waals surface area contributed by atoms with E-state index in [1.54, 1.807) is 0 Å². The van der Waals surface area contributed by atoms with Gasteiger partial charge in [-0.2, -0.15) is 0 Å². The minimum absolute atomic E-state index is 0.130. The summed E-state index contributed by atoms with van der Waals surface area (Å²) in [5.41, 5.74) is 0.783. The quantitative estimate of drug-likeness (QED) is 0.832. The van der Waals surface area contributed by atoms with Crippen molar-refractivity contribution in [3.8, 4) is 0 Å². The van der Waals surface area contributed by atoms with Gasteiger partial charge in [0.15, 0.2) is 0 Å². The van der Waals surface area contributed by atoms with Gasteiger partial charge in [0.05, 0.1) is 6.61 Å². The maximum atomic E-state index is 11.3.